The minimum absolute atomic E-state index is 0.292. The van der Waals surface area contributed by atoms with Crippen molar-refractivity contribution in [2.24, 2.45) is 5.73 Å². The third-order valence-electron chi connectivity index (χ3n) is 2.11. The van der Waals surface area contributed by atoms with Crippen LogP contribution in [0.3, 0.4) is 0 Å². The summed E-state index contributed by atoms with van der Waals surface area (Å²) in [4.78, 5) is 11.0. The molecule has 3 nitrogen and oxygen atoms in total. The van der Waals surface area contributed by atoms with Gasteiger partial charge in [0.25, 0.3) is 0 Å². The molecule has 0 saturated carbocycles. The summed E-state index contributed by atoms with van der Waals surface area (Å²) in [6.45, 7) is 1.65. The van der Waals surface area contributed by atoms with E-state index in [4.69, 9.17) is 5.73 Å². The Morgan fingerprint density at radius 1 is 1.57 bits per heavy atom. The van der Waals surface area contributed by atoms with Crippen LogP contribution in [0.25, 0.3) is 0 Å². The zero-order chi connectivity index (χ0) is 10.7. The average Bonchev–Trinajstić information content (AvgIpc) is 2.13. The number of benzene rings is 1. The van der Waals surface area contributed by atoms with Gasteiger partial charge in [0.05, 0.1) is 0 Å². The highest BCUT2D eigenvalue weighted by Crippen LogP contribution is 2.18. The first-order valence-electron chi connectivity index (χ1n) is 4.29. The van der Waals surface area contributed by atoms with Crippen molar-refractivity contribution < 1.29 is 9.18 Å². The smallest absolute Gasteiger partial charge is 0.239 e. The molecule has 0 saturated heterocycles. The van der Waals surface area contributed by atoms with Crippen LogP contribution in [0.15, 0.2) is 18.2 Å². The second kappa shape index (κ2) is 4.19. The summed E-state index contributed by atoms with van der Waals surface area (Å²) in [6, 6.07) is 4.12. The average molecular weight is 196 g/mol. The Balaban J connectivity index is 3.16. The van der Waals surface area contributed by atoms with E-state index in [1.165, 1.54) is 0 Å². The Kier molecular flexibility index (Phi) is 3.19. The van der Waals surface area contributed by atoms with Gasteiger partial charge < -0.3 is 11.1 Å². The first-order chi connectivity index (χ1) is 6.57. The molecule has 1 aromatic rings. The van der Waals surface area contributed by atoms with Crippen molar-refractivity contribution in [3.05, 3.63) is 35.1 Å². The summed E-state index contributed by atoms with van der Waals surface area (Å²) >= 11 is 0. The summed E-state index contributed by atoms with van der Waals surface area (Å²) in [5.74, 6) is -0.970. The van der Waals surface area contributed by atoms with Crippen molar-refractivity contribution in [3.63, 3.8) is 0 Å². The number of amides is 1. The van der Waals surface area contributed by atoms with E-state index in [9.17, 15) is 9.18 Å². The Morgan fingerprint density at radius 2 is 2.21 bits per heavy atom. The number of aryl methyl sites for hydroxylation is 1. The van der Waals surface area contributed by atoms with E-state index < -0.39 is 11.9 Å². The largest absolute Gasteiger partial charge is 0.368 e. The molecule has 0 aliphatic heterocycles. The molecule has 3 N–H and O–H groups in total. The Labute approximate surface area is 82.1 Å². The van der Waals surface area contributed by atoms with Crippen LogP contribution in [0.4, 0.5) is 4.39 Å². The monoisotopic (exact) mass is 196 g/mol. The molecule has 0 radical (unpaired) electrons. The highest BCUT2D eigenvalue weighted by molar-refractivity contribution is 5.81. The van der Waals surface area contributed by atoms with Crippen molar-refractivity contribution in [3.8, 4) is 0 Å². The third-order valence-corrected chi connectivity index (χ3v) is 2.11. The first kappa shape index (κ1) is 10.7. The van der Waals surface area contributed by atoms with Crippen molar-refractivity contribution in [1.82, 2.24) is 5.32 Å². The summed E-state index contributed by atoms with van der Waals surface area (Å²) in [7, 11) is 1.57. The molecule has 1 amide bonds. The second-order valence-corrected chi connectivity index (χ2v) is 3.10. The summed E-state index contributed by atoms with van der Waals surface area (Å²) in [5, 5.41) is 2.67. The number of rotatable bonds is 3. The molecule has 0 heterocycles. The van der Waals surface area contributed by atoms with E-state index in [2.05, 4.69) is 5.32 Å². The van der Waals surface area contributed by atoms with Crippen LogP contribution in [-0.4, -0.2) is 13.0 Å². The molecule has 1 atom stereocenters. The maximum Gasteiger partial charge on any atom is 0.239 e. The summed E-state index contributed by atoms with van der Waals surface area (Å²) in [5.41, 5.74) is 5.93. The number of hydrogen-bond acceptors (Lipinski definition) is 2. The SMILES string of the molecule is CNC(C(N)=O)c1cccc(C)c1F. The standard InChI is InChI=1S/C10H13FN2O/c1-6-4-3-5-7(8(6)11)9(13-2)10(12)14/h3-5,9,13H,1-2H3,(H2,12,14). The van der Waals surface area contributed by atoms with E-state index in [1.807, 2.05) is 0 Å². The lowest BCUT2D eigenvalue weighted by Crippen LogP contribution is -2.32. The quantitative estimate of drug-likeness (QED) is 0.754. The number of carbonyl (C=O) groups is 1. The Hall–Kier alpha value is -1.42. The van der Waals surface area contributed by atoms with Crippen molar-refractivity contribution >= 4 is 5.91 Å². The van der Waals surface area contributed by atoms with Gasteiger partial charge in [-0.3, -0.25) is 4.79 Å². The zero-order valence-electron chi connectivity index (χ0n) is 8.17. The molecule has 0 aliphatic carbocycles. The van der Waals surface area contributed by atoms with E-state index >= 15 is 0 Å². The number of halogens is 1. The van der Waals surface area contributed by atoms with E-state index in [0.717, 1.165) is 0 Å². The van der Waals surface area contributed by atoms with Gasteiger partial charge in [0, 0.05) is 5.56 Å². The fourth-order valence-electron chi connectivity index (χ4n) is 1.34. The molecule has 76 valence electrons. The first-order valence-corrected chi connectivity index (χ1v) is 4.29. The lowest BCUT2D eigenvalue weighted by Gasteiger charge is -2.14. The van der Waals surface area contributed by atoms with Crippen LogP contribution in [0.5, 0.6) is 0 Å². The topological polar surface area (TPSA) is 55.1 Å². The fraction of sp³-hybridized carbons (Fsp3) is 0.300. The number of primary amides is 1. The van der Waals surface area contributed by atoms with Gasteiger partial charge >= 0.3 is 0 Å². The van der Waals surface area contributed by atoms with Gasteiger partial charge in [-0.1, -0.05) is 18.2 Å². The van der Waals surface area contributed by atoms with Gasteiger partial charge in [-0.25, -0.2) is 4.39 Å². The predicted octanol–water partition coefficient (Wildman–Crippen LogP) is 0.880. The molecule has 0 aliphatic rings. The number of hydrogen-bond donors (Lipinski definition) is 2. The molecule has 0 bridgehead atoms. The second-order valence-electron chi connectivity index (χ2n) is 3.10. The molecular weight excluding hydrogens is 183 g/mol. The summed E-state index contributed by atoms with van der Waals surface area (Å²) in [6.07, 6.45) is 0. The van der Waals surface area contributed by atoms with Gasteiger partial charge in [0.1, 0.15) is 11.9 Å². The molecule has 14 heavy (non-hydrogen) atoms. The zero-order valence-corrected chi connectivity index (χ0v) is 8.17. The van der Waals surface area contributed by atoms with Crippen molar-refractivity contribution in [1.29, 1.82) is 0 Å². The van der Waals surface area contributed by atoms with Gasteiger partial charge in [0.15, 0.2) is 0 Å². The van der Waals surface area contributed by atoms with Gasteiger partial charge in [-0.2, -0.15) is 0 Å². The van der Waals surface area contributed by atoms with Crippen molar-refractivity contribution in [2.45, 2.75) is 13.0 Å². The predicted molar refractivity (Wildman–Crippen MR) is 52.1 cm³/mol. The van der Waals surface area contributed by atoms with Crippen LogP contribution in [-0.2, 0) is 4.79 Å². The van der Waals surface area contributed by atoms with Crippen molar-refractivity contribution in [2.75, 3.05) is 7.05 Å². The maximum absolute atomic E-state index is 13.6. The molecule has 0 aromatic heterocycles. The van der Waals surface area contributed by atoms with E-state index in [1.54, 1.807) is 32.2 Å². The Morgan fingerprint density at radius 3 is 2.71 bits per heavy atom. The molecule has 0 spiro atoms. The number of likely N-dealkylation sites (N-methyl/N-ethyl adjacent to an activating group) is 1. The highest BCUT2D eigenvalue weighted by Gasteiger charge is 2.19. The molecule has 1 rings (SSSR count). The lowest BCUT2D eigenvalue weighted by atomic mass is 10.0. The number of nitrogens with two attached hydrogens (primary N) is 1. The molecule has 0 fully saturated rings. The minimum Gasteiger partial charge on any atom is -0.368 e. The van der Waals surface area contributed by atoms with Crippen LogP contribution in [0.2, 0.25) is 0 Å². The summed E-state index contributed by atoms with van der Waals surface area (Å²) < 4.78 is 13.6. The Bertz CT molecular complexity index is 352. The molecule has 1 unspecified atom stereocenters. The van der Waals surface area contributed by atoms with Gasteiger partial charge in [0.2, 0.25) is 5.91 Å². The molecule has 4 heteroatoms. The minimum atomic E-state index is -0.769. The van der Waals surface area contributed by atoms with Gasteiger partial charge in [-0.15, -0.1) is 0 Å². The molecule has 1 aromatic carbocycles. The molecular formula is C10H13FN2O. The number of carbonyl (C=O) groups excluding carboxylic acids is 1. The lowest BCUT2D eigenvalue weighted by molar-refractivity contribution is -0.120. The normalized spacial score (nSPS) is 12.5. The third kappa shape index (κ3) is 1.90. The van der Waals surface area contributed by atoms with Crippen LogP contribution >= 0.6 is 0 Å². The van der Waals surface area contributed by atoms with E-state index in [0.29, 0.717) is 11.1 Å². The number of nitrogens with one attached hydrogen (secondary N) is 1. The fourth-order valence-corrected chi connectivity index (χ4v) is 1.34. The van der Waals surface area contributed by atoms with Crippen LogP contribution in [0, 0.1) is 12.7 Å². The van der Waals surface area contributed by atoms with Crippen LogP contribution < -0.4 is 11.1 Å². The van der Waals surface area contributed by atoms with E-state index in [-0.39, 0.29) is 5.82 Å². The maximum atomic E-state index is 13.6. The highest BCUT2D eigenvalue weighted by atomic mass is 19.1. The van der Waals surface area contributed by atoms with Gasteiger partial charge in [-0.05, 0) is 19.5 Å². The van der Waals surface area contributed by atoms with Crippen LogP contribution in [0.1, 0.15) is 17.2 Å².